The summed E-state index contributed by atoms with van der Waals surface area (Å²) in [6.07, 6.45) is 1.20. The SMILES string of the molecule is COC(=O)C1CCC(O)(O)CC1C(=O)On1nnc2cccnc21. The number of fused-ring (bicyclic) bond motifs is 1. The van der Waals surface area contributed by atoms with Gasteiger partial charge in [-0.3, -0.25) is 4.79 Å². The van der Waals surface area contributed by atoms with Gasteiger partial charge in [0.05, 0.1) is 18.9 Å². The number of carbonyl (C=O) groups excluding carboxylic acids is 2. The molecule has 2 N–H and O–H groups in total. The zero-order valence-corrected chi connectivity index (χ0v) is 12.8. The maximum atomic E-state index is 12.5. The molecule has 0 amide bonds. The van der Waals surface area contributed by atoms with Gasteiger partial charge in [-0.2, -0.15) is 0 Å². The van der Waals surface area contributed by atoms with E-state index in [4.69, 9.17) is 4.84 Å². The molecule has 2 aromatic rings. The molecule has 0 spiro atoms. The highest BCUT2D eigenvalue weighted by Crippen LogP contribution is 2.36. The number of rotatable bonds is 3. The van der Waals surface area contributed by atoms with Crippen LogP contribution < -0.4 is 4.84 Å². The van der Waals surface area contributed by atoms with E-state index in [1.165, 1.54) is 13.3 Å². The van der Waals surface area contributed by atoms with Crippen molar-refractivity contribution in [3.63, 3.8) is 0 Å². The van der Waals surface area contributed by atoms with Crippen molar-refractivity contribution in [1.82, 2.24) is 20.1 Å². The topological polar surface area (TPSA) is 137 Å². The molecule has 1 saturated carbocycles. The Kier molecular flexibility index (Phi) is 4.16. The Labute approximate surface area is 135 Å². The van der Waals surface area contributed by atoms with Crippen molar-refractivity contribution in [3.05, 3.63) is 18.3 Å². The lowest BCUT2D eigenvalue weighted by atomic mass is 9.76. The van der Waals surface area contributed by atoms with Gasteiger partial charge in [0.25, 0.3) is 0 Å². The molecule has 1 aliphatic carbocycles. The van der Waals surface area contributed by atoms with Crippen molar-refractivity contribution in [3.8, 4) is 0 Å². The highest BCUT2D eigenvalue weighted by Gasteiger charge is 2.46. The molecular formula is C14H16N4O6. The van der Waals surface area contributed by atoms with Crippen LogP contribution in [0, 0.1) is 11.8 Å². The van der Waals surface area contributed by atoms with Crippen LogP contribution in [0.5, 0.6) is 0 Å². The fraction of sp³-hybridized carbons (Fsp3) is 0.500. The zero-order chi connectivity index (χ0) is 17.3. The summed E-state index contributed by atoms with van der Waals surface area (Å²) in [5, 5.41) is 27.1. The summed E-state index contributed by atoms with van der Waals surface area (Å²) in [5.41, 5.74) is 0.660. The van der Waals surface area contributed by atoms with Crippen molar-refractivity contribution >= 4 is 23.1 Å². The molecule has 0 saturated heterocycles. The second-order valence-electron chi connectivity index (χ2n) is 5.68. The molecule has 1 fully saturated rings. The van der Waals surface area contributed by atoms with Gasteiger partial charge in [-0.15, -0.1) is 5.10 Å². The first-order chi connectivity index (χ1) is 11.4. The number of ether oxygens (including phenoxy) is 1. The summed E-state index contributed by atoms with van der Waals surface area (Å²) in [6.45, 7) is 0. The largest absolute Gasteiger partial charge is 0.469 e. The Bertz CT molecular complexity index is 773. The van der Waals surface area contributed by atoms with Gasteiger partial charge < -0.3 is 19.8 Å². The van der Waals surface area contributed by atoms with E-state index in [1.54, 1.807) is 12.1 Å². The number of aromatic nitrogens is 4. The van der Waals surface area contributed by atoms with Crippen molar-refractivity contribution in [2.24, 2.45) is 11.8 Å². The summed E-state index contributed by atoms with van der Waals surface area (Å²) in [4.78, 5) is 34.3. The predicted molar refractivity (Wildman–Crippen MR) is 76.9 cm³/mol. The Hall–Kier alpha value is -2.59. The Morgan fingerprint density at radius 3 is 2.88 bits per heavy atom. The highest BCUT2D eigenvalue weighted by molar-refractivity contribution is 5.83. The van der Waals surface area contributed by atoms with Gasteiger partial charge in [-0.1, -0.05) is 0 Å². The number of pyridine rings is 1. The average Bonchev–Trinajstić information content (AvgIpc) is 2.96. The molecule has 0 radical (unpaired) electrons. The molecule has 0 aromatic carbocycles. The molecule has 2 unspecified atom stereocenters. The van der Waals surface area contributed by atoms with E-state index in [-0.39, 0.29) is 24.9 Å². The number of aliphatic hydroxyl groups is 2. The average molecular weight is 336 g/mol. The molecule has 24 heavy (non-hydrogen) atoms. The van der Waals surface area contributed by atoms with E-state index in [2.05, 4.69) is 20.0 Å². The summed E-state index contributed by atoms with van der Waals surface area (Å²) < 4.78 is 4.69. The first kappa shape index (κ1) is 16.3. The van der Waals surface area contributed by atoms with E-state index < -0.39 is 29.6 Å². The number of methoxy groups -OCH3 is 1. The van der Waals surface area contributed by atoms with Crippen LogP contribution in [0.2, 0.25) is 0 Å². The maximum Gasteiger partial charge on any atom is 0.339 e. The van der Waals surface area contributed by atoms with Crippen molar-refractivity contribution in [1.29, 1.82) is 0 Å². The fourth-order valence-electron chi connectivity index (χ4n) is 2.82. The van der Waals surface area contributed by atoms with Crippen LogP contribution in [0.1, 0.15) is 19.3 Å². The van der Waals surface area contributed by atoms with Crippen LogP contribution in [0.15, 0.2) is 18.3 Å². The minimum atomic E-state index is -2.04. The molecule has 3 rings (SSSR count). The lowest BCUT2D eigenvalue weighted by molar-refractivity contribution is -0.209. The van der Waals surface area contributed by atoms with E-state index in [0.29, 0.717) is 5.52 Å². The fourth-order valence-corrected chi connectivity index (χ4v) is 2.82. The van der Waals surface area contributed by atoms with Crippen molar-refractivity contribution in [2.45, 2.75) is 25.0 Å². The third-order valence-electron chi connectivity index (χ3n) is 4.05. The molecule has 2 aromatic heterocycles. The third kappa shape index (κ3) is 3.05. The van der Waals surface area contributed by atoms with Crippen molar-refractivity contribution in [2.75, 3.05) is 7.11 Å². The van der Waals surface area contributed by atoms with E-state index in [0.717, 1.165) is 4.85 Å². The van der Waals surface area contributed by atoms with Gasteiger partial charge in [-0.25, -0.2) is 9.78 Å². The van der Waals surface area contributed by atoms with Crippen LogP contribution in [0.3, 0.4) is 0 Å². The minimum Gasteiger partial charge on any atom is -0.469 e. The Morgan fingerprint density at radius 2 is 2.12 bits per heavy atom. The molecule has 0 aliphatic heterocycles. The second-order valence-corrected chi connectivity index (χ2v) is 5.68. The lowest BCUT2D eigenvalue weighted by Gasteiger charge is -2.35. The molecule has 10 heteroatoms. The van der Waals surface area contributed by atoms with Gasteiger partial charge >= 0.3 is 11.9 Å². The van der Waals surface area contributed by atoms with Crippen LogP contribution >= 0.6 is 0 Å². The Morgan fingerprint density at radius 1 is 1.33 bits per heavy atom. The molecule has 128 valence electrons. The van der Waals surface area contributed by atoms with Crippen LogP contribution in [0.25, 0.3) is 11.2 Å². The second kappa shape index (κ2) is 6.13. The molecule has 10 nitrogen and oxygen atoms in total. The summed E-state index contributed by atoms with van der Waals surface area (Å²) in [7, 11) is 1.21. The maximum absolute atomic E-state index is 12.5. The predicted octanol–water partition coefficient (Wildman–Crippen LogP) is -0.948. The number of carbonyl (C=O) groups is 2. The number of hydrogen-bond donors (Lipinski definition) is 2. The van der Waals surface area contributed by atoms with Gasteiger partial charge in [0.1, 0.15) is 5.52 Å². The van der Waals surface area contributed by atoms with Gasteiger partial charge in [0, 0.05) is 19.0 Å². The van der Waals surface area contributed by atoms with Crippen molar-refractivity contribution < 1.29 is 29.4 Å². The monoisotopic (exact) mass is 336 g/mol. The zero-order valence-electron chi connectivity index (χ0n) is 12.8. The van der Waals surface area contributed by atoms with E-state index >= 15 is 0 Å². The summed E-state index contributed by atoms with van der Waals surface area (Å²) in [5.74, 6) is -5.39. The molecule has 2 heterocycles. The van der Waals surface area contributed by atoms with Gasteiger partial charge in [-0.05, 0) is 28.6 Å². The van der Waals surface area contributed by atoms with Crippen LogP contribution in [0.4, 0.5) is 0 Å². The molecular weight excluding hydrogens is 320 g/mol. The molecule has 2 atom stereocenters. The number of esters is 1. The minimum absolute atomic E-state index is 0.0373. The van der Waals surface area contributed by atoms with Crippen LogP contribution in [-0.4, -0.2) is 55.2 Å². The summed E-state index contributed by atoms with van der Waals surface area (Å²) >= 11 is 0. The van der Waals surface area contributed by atoms with E-state index in [9.17, 15) is 19.8 Å². The quantitative estimate of drug-likeness (QED) is 0.413. The highest BCUT2D eigenvalue weighted by atomic mass is 16.7. The van der Waals surface area contributed by atoms with Gasteiger partial charge in [0.2, 0.25) is 5.65 Å². The standard InChI is InChI=1S/C14H16N4O6/c1-23-12(19)8-4-5-14(21,22)7-9(8)13(20)24-18-11-10(16-17-18)3-2-6-15-11/h2-3,6,8-9,21-22H,4-5,7H2,1H3. The lowest BCUT2D eigenvalue weighted by Crippen LogP contribution is -2.47. The van der Waals surface area contributed by atoms with Gasteiger partial charge in [0.15, 0.2) is 5.79 Å². The van der Waals surface area contributed by atoms with E-state index in [1.807, 2.05) is 0 Å². The summed E-state index contributed by atoms with van der Waals surface area (Å²) in [6, 6.07) is 3.30. The molecule has 0 bridgehead atoms. The van der Waals surface area contributed by atoms with Crippen LogP contribution in [-0.2, 0) is 14.3 Å². The normalized spacial score (nSPS) is 23.0. The number of nitrogens with zero attached hydrogens (tertiary/aromatic N) is 4. The molecule has 1 aliphatic rings. The Balaban J connectivity index is 1.84. The third-order valence-corrected chi connectivity index (χ3v) is 4.05. The smallest absolute Gasteiger partial charge is 0.339 e. The first-order valence-corrected chi connectivity index (χ1v) is 7.32. The first-order valence-electron chi connectivity index (χ1n) is 7.32. The number of hydrogen-bond acceptors (Lipinski definition) is 9.